The molecule has 6 nitrogen and oxygen atoms in total. The molecule has 1 saturated heterocycles. The minimum Gasteiger partial charge on any atom is -0.384 e. The number of nitrogens with zero attached hydrogens (tertiary/aromatic N) is 4. The van der Waals surface area contributed by atoms with Crippen molar-refractivity contribution in [2.24, 2.45) is 5.73 Å². The molecule has 2 aromatic rings. The van der Waals surface area contributed by atoms with Gasteiger partial charge in [0.25, 0.3) is 0 Å². The van der Waals surface area contributed by atoms with Crippen molar-refractivity contribution in [2.75, 3.05) is 22.9 Å². The number of hydrogen-bond donors (Lipinski definition) is 1. The van der Waals surface area contributed by atoms with Gasteiger partial charge in [0.05, 0.1) is 33.7 Å². The standard InChI is InChI=1S/C27H22F3N5OS/c28-27(29,30)16-6-4-14(5-7-16)21-17(12-31)24(33)35(19-2-1-3-20(36)23(19)21)25-18(13-32)22-15-8-10-34(11-9-15)26(22)37-25/h4-7,15,21H,1-3,8-11,33H2/t21-/m1/s1. The van der Waals surface area contributed by atoms with Crippen LogP contribution in [0.2, 0.25) is 0 Å². The van der Waals surface area contributed by atoms with E-state index in [2.05, 4.69) is 17.0 Å². The van der Waals surface area contributed by atoms with Crippen molar-refractivity contribution in [3.63, 3.8) is 0 Å². The number of carbonyl (C=O) groups excluding carboxylic acids is 1. The van der Waals surface area contributed by atoms with Crippen LogP contribution in [-0.2, 0) is 11.0 Å². The number of allylic oxidation sites excluding steroid dienone is 3. The number of ketones is 1. The first kappa shape index (κ1) is 23.6. The van der Waals surface area contributed by atoms with Crippen LogP contribution in [0, 0.1) is 22.7 Å². The summed E-state index contributed by atoms with van der Waals surface area (Å²) in [4.78, 5) is 17.3. The molecule has 5 aliphatic rings. The van der Waals surface area contributed by atoms with Gasteiger partial charge in [0, 0.05) is 36.3 Å². The van der Waals surface area contributed by atoms with Crippen LogP contribution < -0.4 is 15.5 Å². The number of fused-ring (bicyclic) bond motifs is 2. The highest BCUT2D eigenvalue weighted by Crippen LogP contribution is 2.55. The normalized spacial score (nSPS) is 21.6. The Balaban J connectivity index is 1.55. The Morgan fingerprint density at radius 1 is 1.03 bits per heavy atom. The first-order chi connectivity index (χ1) is 17.7. The fourth-order valence-electron chi connectivity index (χ4n) is 6.19. The van der Waals surface area contributed by atoms with Crippen LogP contribution in [-0.4, -0.2) is 18.9 Å². The van der Waals surface area contributed by atoms with Gasteiger partial charge < -0.3 is 10.6 Å². The first-order valence-electron chi connectivity index (χ1n) is 12.2. The minimum absolute atomic E-state index is 0.104. The number of benzene rings is 1. The molecule has 2 bridgehead atoms. The van der Waals surface area contributed by atoms with Crippen molar-refractivity contribution in [2.45, 2.75) is 50.1 Å². The van der Waals surface area contributed by atoms with Crippen molar-refractivity contribution in [3.8, 4) is 12.1 Å². The van der Waals surface area contributed by atoms with Crippen LogP contribution in [0.5, 0.6) is 0 Å². The summed E-state index contributed by atoms with van der Waals surface area (Å²) in [5.74, 6) is -0.587. The van der Waals surface area contributed by atoms with Crippen molar-refractivity contribution in [1.29, 1.82) is 10.5 Å². The predicted octanol–water partition coefficient (Wildman–Crippen LogP) is 5.64. The van der Waals surface area contributed by atoms with Crippen LogP contribution in [0.15, 0.2) is 46.9 Å². The number of piperidine rings is 1. The van der Waals surface area contributed by atoms with Gasteiger partial charge in [-0.15, -0.1) is 0 Å². The van der Waals surface area contributed by atoms with Crippen molar-refractivity contribution < 1.29 is 18.0 Å². The van der Waals surface area contributed by atoms with Gasteiger partial charge in [-0.1, -0.05) is 23.5 Å². The number of anilines is 2. The summed E-state index contributed by atoms with van der Waals surface area (Å²) >= 11 is 1.47. The number of hydrogen-bond acceptors (Lipinski definition) is 7. The molecule has 4 aliphatic heterocycles. The van der Waals surface area contributed by atoms with E-state index in [1.807, 2.05) is 0 Å². The third-order valence-corrected chi connectivity index (χ3v) is 9.15. The average Bonchev–Trinajstić information content (AvgIpc) is 3.29. The second kappa shape index (κ2) is 8.39. The minimum atomic E-state index is -4.50. The largest absolute Gasteiger partial charge is 0.416 e. The lowest BCUT2D eigenvalue weighted by atomic mass is 9.75. The molecule has 0 radical (unpaired) electrons. The lowest BCUT2D eigenvalue weighted by Gasteiger charge is -2.39. The molecule has 0 saturated carbocycles. The highest BCUT2D eigenvalue weighted by Gasteiger charge is 2.44. The number of rotatable bonds is 2. The molecule has 1 atom stereocenters. The van der Waals surface area contributed by atoms with Crippen molar-refractivity contribution in [3.05, 3.63) is 69.2 Å². The van der Waals surface area contributed by atoms with Crippen LogP contribution in [0.3, 0.4) is 0 Å². The van der Waals surface area contributed by atoms with Gasteiger partial charge in [-0.05, 0) is 49.3 Å². The maximum atomic E-state index is 13.3. The number of nitrogens with two attached hydrogens (primary N) is 1. The van der Waals surface area contributed by atoms with E-state index >= 15 is 0 Å². The first-order valence-corrected chi connectivity index (χ1v) is 13.0. The molecule has 1 aliphatic carbocycles. The van der Waals surface area contributed by atoms with E-state index in [1.165, 1.54) is 23.5 Å². The Morgan fingerprint density at radius 2 is 1.73 bits per heavy atom. The molecule has 7 rings (SSSR count). The molecule has 5 heterocycles. The number of alkyl halides is 3. The number of carbonyl (C=O) groups is 1. The number of thiophene rings is 1. The van der Waals surface area contributed by atoms with E-state index in [0.29, 0.717) is 46.2 Å². The molecule has 10 heteroatoms. The lowest BCUT2D eigenvalue weighted by Crippen LogP contribution is -2.38. The molecule has 37 heavy (non-hydrogen) atoms. The summed E-state index contributed by atoms with van der Waals surface area (Å²) in [5, 5.41) is 22.1. The topological polar surface area (TPSA) is 97.2 Å². The Hall–Kier alpha value is -3.76. The quantitative estimate of drug-likeness (QED) is 0.549. The highest BCUT2D eigenvalue weighted by atomic mass is 32.1. The zero-order chi connectivity index (χ0) is 26.1. The molecule has 1 aromatic heterocycles. The Bertz CT molecular complexity index is 1460. The summed E-state index contributed by atoms with van der Waals surface area (Å²) in [7, 11) is 0. The Labute approximate surface area is 215 Å². The highest BCUT2D eigenvalue weighted by molar-refractivity contribution is 7.20. The van der Waals surface area contributed by atoms with Crippen molar-refractivity contribution >= 4 is 27.1 Å². The van der Waals surface area contributed by atoms with E-state index in [1.54, 1.807) is 4.90 Å². The van der Waals surface area contributed by atoms with E-state index < -0.39 is 17.7 Å². The average molecular weight is 522 g/mol. The summed E-state index contributed by atoms with van der Waals surface area (Å²) in [5.41, 5.74) is 8.94. The molecule has 2 N–H and O–H groups in total. The summed E-state index contributed by atoms with van der Waals surface area (Å²) < 4.78 is 39.6. The third kappa shape index (κ3) is 3.47. The third-order valence-electron chi connectivity index (χ3n) is 7.90. The second-order valence-corrected chi connectivity index (χ2v) is 10.8. The van der Waals surface area contributed by atoms with Gasteiger partial charge in [0.2, 0.25) is 0 Å². The molecule has 1 fully saturated rings. The van der Waals surface area contributed by atoms with Gasteiger partial charge in [0.15, 0.2) is 5.78 Å². The Morgan fingerprint density at radius 3 is 2.35 bits per heavy atom. The molecule has 1 aromatic carbocycles. The molecular formula is C27H22F3N5OS. The van der Waals surface area contributed by atoms with Gasteiger partial charge in [-0.3, -0.25) is 9.69 Å². The lowest BCUT2D eigenvalue weighted by molar-refractivity contribution is -0.137. The maximum Gasteiger partial charge on any atom is 0.416 e. The zero-order valence-corrected chi connectivity index (χ0v) is 20.5. The van der Waals surface area contributed by atoms with Gasteiger partial charge in [-0.25, -0.2) is 0 Å². The monoisotopic (exact) mass is 521 g/mol. The number of nitriles is 2. The van der Waals surface area contributed by atoms with Crippen LogP contribution in [0.25, 0.3) is 0 Å². The van der Waals surface area contributed by atoms with Crippen LogP contribution in [0.4, 0.5) is 23.2 Å². The van der Waals surface area contributed by atoms with E-state index in [9.17, 15) is 28.5 Å². The smallest absolute Gasteiger partial charge is 0.384 e. The van der Waals surface area contributed by atoms with Gasteiger partial charge in [-0.2, -0.15) is 23.7 Å². The molecule has 0 spiro atoms. The van der Waals surface area contributed by atoms with E-state index in [4.69, 9.17) is 5.73 Å². The van der Waals surface area contributed by atoms with Crippen LogP contribution in [0.1, 0.15) is 66.2 Å². The van der Waals surface area contributed by atoms with E-state index in [-0.39, 0.29) is 23.6 Å². The van der Waals surface area contributed by atoms with Gasteiger partial charge in [0.1, 0.15) is 16.9 Å². The predicted molar refractivity (Wildman–Crippen MR) is 133 cm³/mol. The van der Waals surface area contributed by atoms with Gasteiger partial charge >= 0.3 is 6.18 Å². The molecular weight excluding hydrogens is 499 g/mol. The summed E-state index contributed by atoms with van der Waals surface area (Å²) in [6.07, 6.45) is -1.15. The number of Topliss-reactive ketones (excluding diaryl/α,β-unsaturated/α-hetero) is 1. The zero-order valence-electron chi connectivity index (χ0n) is 19.7. The number of halogens is 3. The second-order valence-electron chi connectivity index (χ2n) is 9.81. The van der Waals surface area contributed by atoms with Crippen molar-refractivity contribution in [1.82, 2.24) is 0 Å². The molecule has 0 unspecified atom stereocenters. The summed E-state index contributed by atoms with van der Waals surface area (Å²) in [6, 6.07) is 9.08. The van der Waals surface area contributed by atoms with Crippen LogP contribution >= 0.6 is 11.3 Å². The maximum absolute atomic E-state index is 13.3. The molecule has 188 valence electrons. The summed E-state index contributed by atoms with van der Waals surface area (Å²) in [6.45, 7) is 1.86. The molecule has 0 amide bonds. The van der Waals surface area contributed by atoms with E-state index in [0.717, 1.165) is 48.6 Å². The fraction of sp³-hybridized carbons (Fsp3) is 0.370. The fourth-order valence-corrected chi connectivity index (χ4v) is 7.62. The Kier molecular flexibility index (Phi) is 5.36. The SMILES string of the molecule is N#CC1=C(N)N(c2sc3c(c2C#N)C2CCN3CC2)C2=C(C(=O)CCC2)[C@@H]1c1ccc(C(F)(F)F)cc1.